The van der Waals surface area contributed by atoms with E-state index in [2.05, 4.69) is 118 Å². The van der Waals surface area contributed by atoms with Crippen LogP contribution in [0.1, 0.15) is 239 Å². The average molecular weight is 1080 g/mol. The topological polar surface area (TPSA) is 175 Å². The molecular weight excluding hydrogens is 973 g/mol. The van der Waals surface area contributed by atoms with Crippen molar-refractivity contribution in [3.05, 3.63) is 97.2 Å². The molecule has 438 valence electrons. The Balaban J connectivity index is 2.72. The van der Waals surface area contributed by atoms with Crippen molar-refractivity contribution in [1.29, 1.82) is 0 Å². The van der Waals surface area contributed by atoms with E-state index in [0.29, 0.717) is 19.3 Å². The molecule has 0 saturated carbocycles. The van der Waals surface area contributed by atoms with Gasteiger partial charge in [-0.3, -0.25) is 14.4 Å². The number of rotatable bonds is 50. The Morgan fingerprint density at radius 3 is 1.31 bits per heavy atom. The van der Waals surface area contributed by atoms with Gasteiger partial charge in [0.05, 0.1) is 6.61 Å². The summed E-state index contributed by atoms with van der Waals surface area (Å²) in [6, 6.07) is 0. The summed E-state index contributed by atoms with van der Waals surface area (Å²) in [6.45, 7) is 5.78. The zero-order chi connectivity index (χ0) is 56.1. The molecule has 1 fully saturated rings. The minimum absolute atomic E-state index is 0.0400. The van der Waals surface area contributed by atoms with Crippen molar-refractivity contribution in [2.24, 2.45) is 0 Å². The molecule has 0 radical (unpaired) electrons. The molecule has 3 N–H and O–H groups in total. The van der Waals surface area contributed by atoms with Crippen LogP contribution in [0.4, 0.5) is 0 Å². The lowest BCUT2D eigenvalue weighted by molar-refractivity contribution is -0.301. The molecule has 0 bridgehead atoms. The number of aliphatic hydroxyl groups excluding tert-OH is 2. The first-order chi connectivity index (χ1) is 37.6. The third kappa shape index (κ3) is 42.3. The van der Waals surface area contributed by atoms with Crippen LogP contribution in [-0.2, 0) is 42.9 Å². The molecule has 0 amide bonds. The number of hydrogen-bond acceptors (Lipinski definition) is 11. The molecule has 1 rings (SSSR count). The summed E-state index contributed by atoms with van der Waals surface area (Å²) in [6.07, 6.45) is 56.6. The number of carbonyl (C=O) groups excluding carboxylic acids is 3. The summed E-state index contributed by atoms with van der Waals surface area (Å²) in [7, 11) is 0. The van der Waals surface area contributed by atoms with E-state index in [4.69, 9.17) is 23.7 Å². The molecule has 6 unspecified atom stereocenters. The second-order valence-electron chi connectivity index (χ2n) is 20.2. The number of ether oxygens (including phenoxy) is 5. The molecule has 0 aromatic carbocycles. The maximum atomic E-state index is 13.1. The van der Waals surface area contributed by atoms with E-state index in [1.54, 1.807) is 0 Å². The van der Waals surface area contributed by atoms with E-state index in [0.717, 1.165) is 128 Å². The molecule has 0 aromatic heterocycles. The van der Waals surface area contributed by atoms with Gasteiger partial charge in [-0.1, -0.05) is 195 Å². The van der Waals surface area contributed by atoms with Crippen LogP contribution in [-0.4, -0.2) is 89.2 Å². The first-order valence-corrected chi connectivity index (χ1v) is 30.2. The van der Waals surface area contributed by atoms with Gasteiger partial charge < -0.3 is 39.0 Å². The smallest absolute Gasteiger partial charge is 0.335 e. The van der Waals surface area contributed by atoms with Crippen LogP contribution in [0, 0.1) is 0 Å². The van der Waals surface area contributed by atoms with Crippen molar-refractivity contribution in [2.45, 2.75) is 276 Å². The van der Waals surface area contributed by atoms with Crippen molar-refractivity contribution < 1.29 is 58.2 Å². The molecule has 1 aliphatic rings. The second-order valence-corrected chi connectivity index (χ2v) is 20.2. The van der Waals surface area contributed by atoms with Gasteiger partial charge in [0.15, 0.2) is 24.6 Å². The Kier molecular flexibility index (Phi) is 48.0. The fraction of sp³-hybridized carbons (Fsp3) is 0.692. The maximum absolute atomic E-state index is 13.1. The zero-order valence-corrected chi connectivity index (χ0v) is 48.2. The molecule has 77 heavy (non-hydrogen) atoms. The molecule has 12 nitrogen and oxygen atoms in total. The largest absolute Gasteiger partial charge is 0.479 e. The van der Waals surface area contributed by atoms with E-state index in [-0.39, 0.29) is 25.9 Å². The first-order valence-electron chi connectivity index (χ1n) is 30.2. The van der Waals surface area contributed by atoms with Gasteiger partial charge in [-0.2, -0.15) is 0 Å². The standard InChI is InChI=1S/C65H106O12/c1-4-7-10-13-16-19-22-25-27-28-29-30-32-34-36-39-42-45-48-51-57(66)73-54-56(75-58(67)52-49-46-43-40-38-35-31-26-23-20-17-14-11-8-5-2)55-74-65-63(61(70)60(69)62(77-65)64(71)72)76-59(68)53-50-47-44-41-37-33-24-21-18-15-12-9-6-3/h8,11,16-17,19-21,24-27,29-31,38,40,56,60-63,65,69-70H,4-7,9-10,12-15,18,22-23,28,32-37,39,41-55H2,1-3H3,(H,71,72)/b11-8-,19-16-,20-17-,24-21-,27-25-,30-29-,31-26-,40-38-. The molecule has 1 saturated heterocycles. The van der Waals surface area contributed by atoms with E-state index >= 15 is 0 Å². The van der Waals surface area contributed by atoms with Gasteiger partial charge in [-0.05, 0) is 122 Å². The predicted octanol–water partition coefficient (Wildman–Crippen LogP) is 15.7. The SMILES string of the molecule is CC/C=C\C/C=C\C/C=C\C/C=C\CCCCC(=O)OC(COC(=O)CCCCCCCC/C=C\C/C=C\C/C=C\CCCCC)COC1OC(C(=O)O)C(O)C(O)C1OC(=O)CCCCCCC/C=C\CCCCCC. The molecule has 0 aliphatic carbocycles. The van der Waals surface area contributed by atoms with Crippen LogP contribution in [0.5, 0.6) is 0 Å². The van der Waals surface area contributed by atoms with Crippen molar-refractivity contribution >= 4 is 23.9 Å². The number of hydrogen-bond donors (Lipinski definition) is 3. The predicted molar refractivity (Wildman–Crippen MR) is 312 cm³/mol. The Morgan fingerprint density at radius 1 is 0.442 bits per heavy atom. The number of carbonyl (C=O) groups is 4. The van der Waals surface area contributed by atoms with Gasteiger partial charge in [0, 0.05) is 19.3 Å². The van der Waals surface area contributed by atoms with E-state index in [1.165, 1.54) is 51.4 Å². The summed E-state index contributed by atoms with van der Waals surface area (Å²) < 4.78 is 28.4. The minimum Gasteiger partial charge on any atom is -0.479 e. The second kappa shape index (κ2) is 52.3. The fourth-order valence-electron chi connectivity index (χ4n) is 8.48. The molecule has 0 aromatic rings. The van der Waals surface area contributed by atoms with Crippen LogP contribution in [0.3, 0.4) is 0 Å². The Hall–Kier alpha value is -4.36. The number of carboxylic acids is 1. The fourth-order valence-corrected chi connectivity index (χ4v) is 8.48. The van der Waals surface area contributed by atoms with Gasteiger partial charge >= 0.3 is 23.9 Å². The number of aliphatic carboxylic acids is 1. The summed E-state index contributed by atoms with van der Waals surface area (Å²) in [5.41, 5.74) is 0. The van der Waals surface area contributed by atoms with Gasteiger partial charge in [0.1, 0.15) is 18.8 Å². The highest BCUT2D eigenvalue weighted by atomic mass is 16.7. The lowest BCUT2D eigenvalue weighted by atomic mass is 9.98. The molecule has 12 heteroatoms. The highest BCUT2D eigenvalue weighted by Gasteiger charge is 2.50. The Morgan fingerprint density at radius 2 is 0.818 bits per heavy atom. The summed E-state index contributed by atoms with van der Waals surface area (Å²) in [5.74, 6) is -3.21. The normalized spacial score (nSPS) is 18.7. The number of esters is 3. The highest BCUT2D eigenvalue weighted by Crippen LogP contribution is 2.26. The van der Waals surface area contributed by atoms with Gasteiger partial charge in [-0.15, -0.1) is 0 Å². The highest BCUT2D eigenvalue weighted by molar-refractivity contribution is 5.74. The van der Waals surface area contributed by atoms with Gasteiger partial charge in [-0.25, -0.2) is 4.79 Å². The zero-order valence-electron chi connectivity index (χ0n) is 48.2. The van der Waals surface area contributed by atoms with Crippen LogP contribution in [0.25, 0.3) is 0 Å². The maximum Gasteiger partial charge on any atom is 0.335 e. The van der Waals surface area contributed by atoms with Gasteiger partial charge in [0.25, 0.3) is 0 Å². The van der Waals surface area contributed by atoms with E-state index in [9.17, 15) is 34.5 Å². The van der Waals surface area contributed by atoms with Crippen molar-refractivity contribution in [3.8, 4) is 0 Å². The molecule has 6 atom stereocenters. The van der Waals surface area contributed by atoms with Crippen molar-refractivity contribution in [2.75, 3.05) is 13.2 Å². The minimum atomic E-state index is -1.92. The van der Waals surface area contributed by atoms with Gasteiger partial charge in [0.2, 0.25) is 0 Å². The molecular formula is C65H106O12. The lowest BCUT2D eigenvalue weighted by Crippen LogP contribution is -2.61. The van der Waals surface area contributed by atoms with Crippen molar-refractivity contribution in [3.63, 3.8) is 0 Å². The van der Waals surface area contributed by atoms with Crippen LogP contribution < -0.4 is 0 Å². The number of allylic oxidation sites excluding steroid dienone is 16. The number of carboxylic acid groups (broad SMARTS) is 1. The summed E-state index contributed by atoms with van der Waals surface area (Å²) in [4.78, 5) is 51.1. The average Bonchev–Trinajstić information content (AvgIpc) is 3.41. The van der Waals surface area contributed by atoms with E-state index in [1.807, 2.05) is 0 Å². The monoisotopic (exact) mass is 1080 g/mol. The lowest BCUT2D eigenvalue weighted by Gasteiger charge is -2.40. The van der Waals surface area contributed by atoms with Crippen LogP contribution in [0.15, 0.2) is 97.2 Å². The van der Waals surface area contributed by atoms with Crippen LogP contribution in [0.2, 0.25) is 0 Å². The quantitative estimate of drug-likeness (QED) is 0.0228. The number of unbranched alkanes of at least 4 members (excludes halogenated alkanes) is 20. The Bertz CT molecular complexity index is 1710. The summed E-state index contributed by atoms with van der Waals surface area (Å²) >= 11 is 0. The molecule has 1 aliphatic heterocycles. The van der Waals surface area contributed by atoms with Crippen LogP contribution >= 0.6 is 0 Å². The third-order valence-electron chi connectivity index (χ3n) is 13.1. The number of aliphatic hydroxyl groups is 2. The molecule has 0 spiro atoms. The van der Waals surface area contributed by atoms with E-state index < -0.39 is 67.3 Å². The third-order valence-corrected chi connectivity index (χ3v) is 13.1. The first kappa shape index (κ1) is 70.7. The summed E-state index contributed by atoms with van der Waals surface area (Å²) in [5, 5.41) is 31.5. The van der Waals surface area contributed by atoms with Crippen molar-refractivity contribution in [1.82, 2.24) is 0 Å². The molecule has 1 heterocycles. The Labute approximate surface area is 466 Å².